The lowest BCUT2D eigenvalue weighted by molar-refractivity contribution is 0.414. The van der Waals surface area contributed by atoms with E-state index >= 15 is 0 Å². The minimum absolute atomic E-state index is 0.0730. The first-order chi connectivity index (χ1) is 9.95. The molecule has 8 heteroatoms. The summed E-state index contributed by atoms with van der Waals surface area (Å²) in [6, 6.07) is 2.64. The van der Waals surface area contributed by atoms with E-state index in [0.29, 0.717) is 17.3 Å². The molecular formula is C13H11BrFN3O3. The first kappa shape index (κ1) is 14.0. The molecule has 3 aromatic rings. The van der Waals surface area contributed by atoms with Gasteiger partial charge in [0.15, 0.2) is 5.58 Å². The van der Waals surface area contributed by atoms with E-state index in [1.54, 1.807) is 0 Å². The topological polar surface area (TPSA) is 74.1 Å². The zero-order valence-corrected chi connectivity index (χ0v) is 12.8. The number of fused-ring (bicyclic) bond motifs is 1. The van der Waals surface area contributed by atoms with Gasteiger partial charge in [-0.25, -0.2) is 9.18 Å². The number of aromatic nitrogens is 3. The molecule has 0 unspecified atom stereocenters. The minimum Gasteiger partial charge on any atom is -0.423 e. The molecule has 6 nitrogen and oxygen atoms in total. The molecule has 0 saturated heterocycles. The number of hydrogen-bond acceptors (Lipinski definition) is 5. The van der Waals surface area contributed by atoms with Crippen molar-refractivity contribution in [2.75, 3.05) is 0 Å². The third-order valence-electron chi connectivity index (χ3n) is 2.98. The van der Waals surface area contributed by atoms with Crippen LogP contribution < -0.4 is 5.76 Å². The van der Waals surface area contributed by atoms with Crippen molar-refractivity contribution >= 4 is 27.0 Å². The highest BCUT2D eigenvalue weighted by Gasteiger charge is 2.16. The number of benzene rings is 1. The Hall–Kier alpha value is -1.96. The van der Waals surface area contributed by atoms with E-state index in [9.17, 15) is 9.18 Å². The quantitative estimate of drug-likeness (QED) is 0.721. The van der Waals surface area contributed by atoms with Crippen LogP contribution in [-0.2, 0) is 6.54 Å². The molecule has 3 rings (SSSR count). The zero-order valence-electron chi connectivity index (χ0n) is 11.3. The molecule has 0 amide bonds. The van der Waals surface area contributed by atoms with E-state index in [0.717, 1.165) is 6.07 Å². The van der Waals surface area contributed by atoms with Gasteiger partial charge < -0.3 is 8.83 Å². The molecule has 0 radical (unpaired) electrons. The summed E-state index contributed by atoms with van der Waals surface area (Å²) in [6.07, 6.45) is 0. The normalized spacial score (nSPS) is 11.7. The Morgan fingerprint density at radius 2 is 2.10 bits per heavy atom. The maximum atomic E-state index is 13.4. The number of halogens is 2. The van der Waals surface area contributed by atoms with Crippen molar-refractivity contribution in [3.05, 3.63) is 44.8 Å². The van der Waals surface area contributed by atoms with Gasteiger partial charge in [-0.05, 0) is 22.0 Å². The molecule has 0 aliphatic rings. The lowest BCUT2D eigenvalue weighted by Crippen LogP contribution is -2.15. The van der Waals surface area contributed by atoms with Crippen molar-refractivity contribution in [3.63, 3.8) is 0 Å². The van der Waals surface area contributed by atoms with E-state index in [4.69, 9.17) is 8.83 Å². The van der Waals surface area contributed by atoms with Crippen LogP contribution in [0.3, 0.4) is 0 Å². The third-order valence-corrected chi connectivity index (χ3v) is 3.59. The molecule has 0 fully saturated rings. The van der Waals surface area contributed by atoms with Crippen LogP contribution in [0.15, 0.2) is 30.2 Å². The van der Waals surface area contributed by atoms with Crippen LogP contribution >= 0.6 is 15.9 Å². The van der Waals surface area contributed by atoms with Crippen LogP contribution in [0.2, 0.25) is 0 Å². The van der Waals surface area contributed by atoms with Crippen LogP contribution in [0.4, 0.5) is 4.39 Å². The van der Waals surface area contributed by atoms with Crippen LogP contribution in [-0.4, -0.2) is 14.8 Å². The van der Waals surface area contributed by atoms with E-state index in [1.165, 1.54) is 10.6 Å². The molecule has 2 heterocycles. The molecule has 0 bridgehead atoms. The second-order valence-corrected chi connectivity index (χ2v) is 5.73. The number of rotatable bonds is 3. The Kier molecular flexibility index (Phi) is 3.40. The SMILES string of the molecule is CC(C)c1nnc(Cn2c(=O)oc3cc(F)c(Br)cc32)o1. The Bertz CT molecular complexity index is 865. The number of hydrogen-bond donors (Lipinski definition) is 0. The largest absolute Gasteiger partial charge is 0.423 e. The van der Waals surface area contributed by atoms with Crippen molar-refractivity contribution in [2.45, 2.75) is 26.3 Å². The predicted octanol–water partition coefficient (Wildman–Crippen LogP) is 3.05. The second-order valence-electron chi connectivity index (χ2n) is 4.88. The third kappa shape index (κ3) is 2.51. The van der Waals surface area contributed by atoms with Gasteiger partial charge in [0.2, 0.25) is 11.8 Å². The highest BCUT2D eigenvalue weighted by Crippen LogP contribution is 2.23. The summed E-state index contributed by atoms with van der Waals surface area (Å²) in [7, 11) is 0. The fourth-order valence-corrected chi connectivity index (χ4v) is 2.24. The molecule has 110 valence electrons. The Morgan fingerprint density at radius 3 is 2.76 bits per heavy atom. The number of nitrogens with zero attached hydrogens (tertiary/aromatic N) is 3. The van der Waals surface area contributed by atoms with Gasteiger partial charge in [0, 0.05) is 12.0 Å². The highest BCUT2D eigenvalue weighted by atomic mass is 79.9. The molecule has 21 heavy (non-hydrogen) atoms. The fraction of sp³-hybridized carbons (Fsp3) is 0.308. The Balaban J connectivity index is 2.05. The minimum atomic E-state index is -0.605. The number of oxazole rings is 1. The van der Waals surface area contributed by atoms with Crippen molar-refractivity contribution in [3.8, 4) is 0 Å². The fourth-order valence-electron chi connectivity index (χ4n) is 1.91. The zero-order chi connectivity index (χ0) is 15.1. The van der Waals surface area contributed by atoms with Gasteiger partial charge in [-0.3, -0.25) is 4.57 Å². The summed E-state index contributed by atoms with van der Waals surface area (Å²) in [4.78, 5) is 11.9. The molecule has 1 aromatic carbocycles. The van der Waals surface area contributed by atoms with Crippen LogP contribution in [0.25, 0.3) is 11.1 Å². The van der Waals surface area contributed by atoms with Crippen LogP contribution in [0.5, 0.6) is 0 Å². The predicted molar refractivity (Wildman–Crippen MR) is 75.6 cm³/mol. The smallest absolute Gasteiger partial charge is 0.420 e. The van der Waals surface area contributed by atoms with E-state index in [-0.39, 0.29) is 22.5 Å². The lowest BCUT2D eigenvalue weighted by atomic mass is 10.2. The van der Waals surface area contributed by atoms with Gasteiger partial charge in [-0.15, -0.1) is 10.2 Å². The van der Waals surface area contributed by atoms with Gasteiger partial charge in [0.1, 0.15) is 12.4 Å². The standard InChI is InChI=1S/C13H11BrFN3O3/c1-6(2)12-17-16-11(21-12)5-18-9-3-7(14)8(15)4-10(9)20-13(18)19/h3-4,6H,5H2,1-2H3. The summed E-state index contributed by atoms with van der Waals surface area (Å²) in [5.41, 5.74) is 0.627. The monoisotopic (exact) mass is 355 g/mol. The summed E-state index contributed by atoms with van der Waals surface area (Å²) in [5.74, 6) is -0.204. The van der Waals surface area contributed by atoms with Gasteiger partial charge >= 0.3 is 5.76 Å². The van der Waals surface area contributed by atoms with Gasteiger partial charge in [0.25, 0.3) is 0 Å². The van der Waals surface area contributed by atoms with Gasteiger partial charge in [-0.2, -0.15) is 0 Å². The first-order valence-corrected chi connectivity index (χ1v) is 7.05. The second kappa shape index (κ2) is 5.10. The molecule has 0 saturated carbocycles. The molecule has 0 N–H and O–H groups in total. The van der Waals surface area contributed by atoms with E-state index in [1.807, 2.05) is 13.8 Å². The molecule has 0 atom stereocenters. The van der Waals surface area contributed by atoms with Crippen LogP contribution in [0.1, 0.15) is 31.5 Å². The Morgan fingerprint density at radius 1 is 1.33 bits per heavy atom. The average Bonchev–Trinajstić information content (AvgIpc) is 2.98. The summed E-state index contributed by atoms with van der Waals surface area (Å²) in [6.45, 7) is 3.93. The maximum Gasteiger partial charge on any atom is 0.420 e. The highest BCUT2D eigenvalue weighted by molar-refractivity contribution is 9.10. The molecule has 0 spiro atoms. The summed E-state index contributed by atoms with van der Waals surface area (Å²) in [5, 5.41) is 7.80. The van der Waals surface area contributed by atoms with Crippen LogP contribution in [0, 0.1) is 5.82 Å². The van der Waals surface area contributed by atoms with E-state index < -0.39 is 11.6 Å². The van der Waals surface area contributed by atoms with Crippen molar-refractivity contribution in [1.82, 2.24) is 14.8 Å². The molecule has 0 aliphatic carbocycles. The summed E-state index contributed by atoms with van der Waals surface area (Å²) >= 11 is 3.08. The lowest BCUT2D eigenvalue weighted by Gasteiger charge is -1.99. The van der Waals surface area contributed by atoms with Crippen molar-refractivity contribution < 1.29 is 13.2 Å². The van der Waals surface area contributed by atoms with E-state index in [2.05, 4.69) is 26.1 Å². The Labute approximate surface area is 126 Å². The average molecular weight is 356 g/mol. The molecule has 2 aromatic heterocycles. The maximum absolute atomic E-state index is 13.4. The molecule has 0 aliphatic heterocycles. The van der Waals surface area contributed by atoms with Crippen molar-refractivity contribution in [2.24, 2.45) is 0 Å². The van der Waals surface area contributed by atoms with Gasteiger partial charge in [0.05, 0.1) is 9.99 Å². The molecular weight excluding hydrogens is 345 g/mol. The van der Waals surface area contributed by atoms with Gasteiger partial charge in [-0.1, -0.05) is 13.8 Å². The first-order valence-electron chi connectivity index (χ1n) is 6.26. The summed E-state index contributed by atoms with van der Waals surface area (Å²) < 4.78 is 25.5. The van der Waals surface area contributed by atoms with Crippen molar-refractivity contribution in [1.29, 1.82) is 0 Å².